The lowest BCUT2D eigenvalue weighted by molar-refractivity contribution is -0.149. The fourth-order valence-corrected chi connectivity index (χ4v) is 1.17. The standard InChI is InChI=1S/C8H16O6/c9-2-1-8(4-10,5-11)3-6(12)7(13)14/h6,9-12H,1-5H2,(H,13,14). The first-order chi connectivity index (χ1) is 6.51. The first-order valence-corrected chi connectivity index (χ1v) is 4.25. The van der Waals surface area contributed by atoms with E-state index in [0.29, 0.717) is 0 Å². The van der Waals surface area contributed by atoms with Gasteiger partial charge in [0.15, 0.2) is 6.10 Å². The minimum Gasteiger partial charge on any atom is -0.479 e. The molecular formula is C8H16O6. The van der Waals surface area contributed by atoms with Crippen LogP contribution in [-0.4, -0.2) is 57.4 Å². The number of hydrogen-bond acceptors (Lipinski definition) is 5. The minimum absolute atomic E-state index is 0.0460. The van der Waals surface area contributed by atoms with E-state index in [-0.39, 0.29) is 19.4 Å². The zero-order chi connectivity index (χ0) is 11.2. The van der Waals surface area contributed by atoms with Crippen LogP contribution in [0.2, 0.25) is 0 Å². The molecule has 0 heterocycles. The maximum atomic E-state index is 10.3. The summed E-state index contributed by atoms with van der Waals surface area (Å²) in [6, 6.07) is 0. The summed E-state index contributed by atoms with van der Waals surface area (Å²) in [4.78, 5) is 10.3. The molecule has 0 radical (unpaired) electrons. The predicted octanol–water partition coefficient (Wildman–Crippen LogP) is -1.82. The molecular weight excluding hydrogens is 192 g/mol. The number of aliphatic hydroxyl groups excluding tert-OH is 4. The van der Waals surface area contributed by atoms with E-state index in [2.05, 4.69) is 0 Å². The number of rotatable bonds is 7. The summed E-state index contributed by atoms with van der Waals surface area (Å²) in [6.45, 7) is -1.24. The van der Waals surface area contributed by atoms with E-state index in [1.54, 1.807) is 0 Å². The smallest absolute Gasteiger partial charge is 0.332 e. The zero-order valence-corrected chi connectivity index (χ0v) is 7.76. The van der Waals surface area contributed by atoms with Crippen LogP contribution >= 0.6 is 0 Å². The Morgan fingerprint density at radius 3 is 2.00 bits per heavy atom. The second-order valence-electron chi connectivity index (χ2n) is 3.35. The predicted molar refractivity (Wildman–Crippen MR) is 46.6 cm³/mol. The summed E-state index contributed by atoms with van der Waals surface area (Å²) >= 11 is 0. The number of aliphatic carboxylic acids is 1. The van der Waals surface area contributed by atoms with Gasteiger partial charge in [-0.3, -0.25) is 0 Å². The van der Waals surface area contributed by atoms with Crippen molar-refractivity contribution in [3.05, 3.63) is 0 Å². The highest BCUT2D eigenvalue weighted by atomic mass is 16.4. The summed E-state index contributed by atoms with van der Waals surface area (Å²) in [5, 5.41) is 44.1. The second kappa shape index (κ2) is 5.92. The van der Waals surface area contributed by atoms with Crippen molar-refractivity contribution in [3.8, 4) is 0 Å². The molecule has 0 aliphatic heterocycles. The highest BCUT2D eigenvalue weighted by Gasteiger charge is 2.33. The molecule has 0 bridgehead atoms. The molecule has 0 saturated carbocycles. The number of carboxylic acid groups (broad SMARTS) is 1. The molecule has 0 amide bonds. The maximum absolute atomic E-state index is 10.3. The van der Waals surface area contributed by atoms with E-state index < -0.39 is 30.7 Å². The molecule has 0 aliphatic carbocycles. The van der Waals surface area contributed by atoms with Gasteiger partial charge in [0.1, 0.15) is 0 Å². The summed E-state index contributed by atoms with van der Waals surface area (Å²) in [6.07, 6.45) is -1.87. The molecule has 84 valence electrons. The third-order valence-electron chi connectivity index (χ3n) is 2.22. The first-order valence-electron chi connectivity index (χ1n) is 4.25. The van der Waals surface area contributed by atoms with Crippen LogP contribution < -0.4 is 0 Å². The van der Waals surface area contributed by atoms with Crippen molar-refractivity contribution >= 4 is 5.97 Å². The van der Waals surface area contributed by atoms with Gasteiger partial charge in [0.05, 0.1) is 13.2 Å². The van der Waals surface area contributed by atoms with Crippen molar-refractivity contribution in [2.45, 2.75) is 18.9 Å². The lowest BCUT2D eigenvalue weighted by atomic mass is 9.81. The topological polar surface area (TPSA) is 118 Å². The fourth-order valence-electron chi connectivity index (χ4n) is 1.17. The average Bonchev–Trinajstić information content (AvgIpc) is 2.16. The van der Waals surface area contributed by atoms with E-state index in [0.717, 1.165) is 0 Å². The molecule has 0 aliphatic rings. The molecule has 0 aromatic heterocycles. The molecule has 0 fully saturated rings. The molecule has 6 heteroatoms. The Morgan fingerprint density at radius 1 is 1.21 bits per heavy atom. The molecule has 5 N–H and O–H groups in total. The molecule has 1 unspecified atom stereocenters. The number of carbonyl (C=O) groups is 1. The van der Waals surface area contributed by atoms with Crippen LogP contribution in [0.3, 0.4) is 0 Å². The van der Waals surface area contributed by atoms with Gasteiger partial charge in [-0.15, -0.1) is 0 Å². The van der Waals surface area contributed by atoms with E-state index in [4.69, 9.17) is 25.5 Å². The number of carboxylic acids is 1. The largest absolute Gasteiger partial charge is 0.479 e. The van der Waals surface area contributed by atoms with E-state index in [1.165, 1.54) is 0 Å². The van der Waals surface area contributed by atoms with Gasteiger partial charge in [-0.25, -0.2) is 4.79 Å². The van der Waals surface area contributed by atoms with Crippen LogP contribution in [0, 0.1) is 5.41 Å². The van der Waals surface area contributed by atoms with Crippen LogP contribution in [-0.2, 0) is 4.79 Å². The Balaban J connectivity index is 4.40. The van der Waals surface area contributed by atoms with Gasteiger partial charge in [0.25, 0.3) is 0 Å². The summed E-state index contributed by atoms with van der Waals surface area (Å²) in [7, 11) is 0. The molecule has 1 atom stereocenters. The third kappa shape index (κ3) is 3.59. The van der Waals surface area contributed by atoms with Crippen LogP contribution in [0.4, 0.5) is 0 Å². The fraction of sp³-hybridized carbons (Fsp3) is 0.875. The monoisotopic (exact) mass is 208 g/mol. The zero-order valence-electron chi connectivity index (χ0n) is 7.76. The quantitative estimate of drug-likeness (QED) is 0.336. The Bertz CT molecular complexity index is 177. The Morgan fingerprint density at radius 2 is 1.71 bits per heavy atom. The van der Waals surface area contributed by atoms with Crippen LogP contribution in [0.1, 0.15) is 12.8 Å². The lowest BCUT2D eigenvalue weighted by Crippen LogP contribution is -2.37. The molecule has 0 aromatic rings. The van der Waals surface area contributed by atoms with Gasteiger partial charge in [0.2, 0.25) is 0 Å². The van der Waals surface area contributed by atoms with Crippen LogP contribution in [0.25, 0.3) is 0 Å². The van der Waals surface area contributed by atoms with E-state index in [9.17, 15) is 4.79 Å². The van der Waals surface area contributed by atoms with Gasteiger partial charge in [0, 0.05) is 12.0 Å². The van der Waals surface area contributed by atoms with Crippen molar-refractivity contribution in [3.63, 3.8) is 0 Å². The normalized spacial score (nSPS) is 14.0. The molecule has 6 nitrogen and oxygen atoms in total. The highest BCUT2D eigenvalue weighted by Crippen LogP contribution is 2.26. The van der Waals surface area contributed by atoms with Gasteiger partial charge in [-0.1, -0.05) is 0 Å². The highest BCUT2D eigenvalue weighted by molar-refractivity contribution is 5.71. The Labute approximate surface area is 81.4 Å². The first kappa shape index (κ1) is 13.3. The van der Waals surface area contributed by atoms with Gasteiger partial charge in [-0.2, -0.15) is 0 Å². The van der Waals surface area contributed by atoms with Gasteiger partial charge in [-0.05, 0) is 12.8 Å². The van der Waals surface area contributed by atoms with E-state index in [1.807, 2.05) is 0 Å². The molecule has 0 spiro atoms. The van der Waals surface area contributed by atoms with Crippen molar-refractivity contribution in [1.82, 2.24) is 0 Å². The molecule has 14 heavy (non-hydrogen) atoms. The number of aliphatic hydroxyl groups is 4. The van der Waals surface area contributed by atoms with E-state index >= 15 is 0 Å². The second-order valence-corrected chi connectivity index (χ2v) is 3.35. The molecule has 0 aromatic carbocycles. The number of hydrogen-bond donors (Lipinski definition) is 5. The maximum Gasteiger partial charge on any atom is 0.332 e. The molecule has 0 rings (SSSR count). The lowest BCUT2D eigenvalue weighted by Gasteiger charge is -2.29. The van der Waals surface area contributed by atoms with Crippen molar-refractivity contribution in [1.29, 1.82) is 0 Å². The minimum atomic E-state index is -1.64. The van der Waals surface area contributed by atoms with Gasteiger partial charge < -0.3 is 25.5 Å². The van der Waals surface area contributed by atoms with Crippen LogP contribution in [0.15, 0.2) is 0 Å². The Hall–Kier alpha value is -0.690. The average molecular weight is 208 g/mol. The molecule has 0 saturated heterocycles. The van der Waals surface area contributed by atoms with Crippen molar-refractivity contribution in [2.24, 2.45) is 5.41 Å². The summed E-state index contributed by atoms with van der Waals surface area (Å²) in [5.74, 6) is -1.41. The van der Waals surface area contributed by atoms with Crippen molar-refractivity contribution in [2.75, 3.05) is 19.8 Å². The van der Waals surface area contributed by atoms with Gasteiger partial charge >= 0.3 is 5.97 Å². The summed E-state index contributed by atoms with van der Waals surface area (Å²) < 4.78 is 0. The van der Waals surface area contributed by atoms with Crippen molar-refractivity contribution < 1.29 is 30.3 Å². The SMILES string of the molecule is O=C(O)C(O)CC(CO)(CO)CCO. The van der Waals surface area contributed by atoms with Crippen LogP contribution in [0.5, 0.6) is 0 Å². The summed E-state index contributed by atoms with van der Waals surface area (Å²) in [5.41, 5.74) is -1.13. The Kier molecular flexibility index (Phi) is 5.63. The third-order valence-corrected chi connectivity index (χ3v) is 2.22.